The minimum Gasteiger partial charge on any atom is -0.744 e. The summed E-state index contributed by atoms with van der Waals surface area (Å²) in [5.74, 6) is 0. The third kappa shape index (κ3) is 4.26. The van der Waals surface area contributed by atoms with Crippen LogP contribution >= 0.6 is 23.2 Å². The van der Waals surface area contributed by atoms with Gasteiger partial charge in [-0.3, -0.25) is 0 Å². The summed E-state index contributed by atoms with van der Waals surface area (Å²) >= 11 is 10.9. The van der Waals surface area contributed by atoms with Crippen molar-refractivity contribution >= 4 is 33.3 Å². The Labute approximate surface area is 135 Å². The first-order valence-corrected chi connectivity index (χ1v) is 4.98. The van der Waals surface area contributed by atoms with Crippen molar-refractivity contribution in [2.45, 2.75) is 4.90 Å². The molecule has 66 valence electrons. The van der Waals surface area contributed by atoms with Crippen LogP contribution in [0, 0.1) is 0 Å². The van der Waals surface area contributed by atoms with E-state index in [0.29, 0.717) is 0 Å². The second kappa shape index (κ2) is 5.56. The molecule has 0 saturated heterocycles. The fourth-order valence-corrected chi connectivity index (χ4v) is 1.90. The van der Waals surface area contributed by atoms with Gasteiger partial charge >= 0.3 is 58.2 Å². The van der Waals surface area contributed by atoms with Crippen LogP contribution in [-0.4, -0.2) is 13.0 Å². The van der Waals surface area contributed by atoms with Gasteiger partial charge in [0.2, 0.25) is 0 Å². The van der Waals surface area contributed by atoms with Crippen molar-refractivity contribution in [1.29, 1.82) is 0 Å². The Morgan fingerprint density at radius 2 is 1.77 bits per heavy atom. The zero-order chi connectivity index (χ0) is 9.35. The van der Waals surface area contributed by atoms with Crippen LogP contribution in [0.3, 0.4) is 0 Å². The maximum absolute atomic E-state index is 10.5. The molecule has 0 aliphatic rings. The number of rotatable bonds is 1. The van der Waals surface area contributed by atoms with E-state index in [1.54, 1.807) is 0 Å². The first-order valence-electron chi connectivity index (χ1n) is 2.82. The molecule has 0 bridgehead atoms. The van der Waals surface area contributed by atoms with Gasteiger partial charge in [-0.2, -0.15) is 0 Å². The Balaban J connectivity index is 0.00000144. The zero-order valence-corrected chi connectivity index (χ0v) is 13.9. The van der Waals surface area contributed by atoms with Crippen molar-refractivity contribution in [3.8, 4) is 0 Å². The van der Waals surface area contributed by atoms with Gasteiger partial charge in [-0.25, -0.2) is 8.42 Å². The van der Waals surface area contributed by atoms with Crippen LogP contribution in [0.2, 0.25) is 10.0 Å². The van der Waals surface area contributed by atoms with Gasteiger partial charge < -0.3 is 4.55 Å². The van der Waals surface area contributed by atoms with Crippen molar-refractivity contribution in [2.24, 2.45) is 0 Å². The maximum atomic E-state index is 10.5. The molecule has 0 fully saturated rings. The Kier molecular flexibility index (Phi) is 6.21. The minimum absolute atomic E-state index is 0. The van der Waals surface area contributed by atoms with E-state index in [1.165, 1.54) is 12.1 Å². The molecule has 0 N–H and O–H groups in total. The smallest absolute Gasteiger partial charge is 0.744 e. The zero-order valence-electron chi connectivity index (χ0n) is 6.62. The number of halogens is 2. The van der Waals surface area contributed by atoms with E-state index < -0.39 is 15.0 Å². The summed E-state index contributed by atoms with van der Waals surface area (Å²) in [5.41, 5.74) is 0. The number of hydrogen-bond donors (Lipinski definition) is 0. The van der Waals surface area contributed by atoms with Crippen molar-refractivity contribution in [3.63, 3.8) is 0 Å². The van der Waals surface area contributed by atoms with E-state index in [1.807, 2.05) is 0 Å². The molecule has 3 nitrogen and oxygen atoms in total. The molecule has 0 unspecified atom stereocenters. The summed E-state index contributed by atoms with van der Waals surface area (Å²) in [6.07, 6.45) is 0. The summed E-state index contributed by atoms with van der Waals surface area (Å²) in [7, 11) is -4.49. The Morgan fingerprint density at radius 1 is 1.23 bits per heavy atom. The summed E-state index contributed by atoms with van der Waals surface area (Å²) in [5, 5.41) is 0.130. The largest absolute Gasteiger partial charge is 1.00 e. The molecule has 1 aromatic rings. The first kappa shape index (κ1) is 14.5. The van der Waals surface area contributed by atoms with Gasteiger partial charge in [0.1, 0.15) is 10.1 Å². The van der Waals surface area contributed by atoms with Gasteiger partial charge in [-0.05, 0) is 18.2 Å². The van der Waals surface area contributed by atoms with Gasteiger partial charge in [0.15, 0.2) is 0 Å². The van der Waals surface area contributed by atoms with Gasteiger partial charge in [-0.15, -0.1) is 0 Å². The van der Waals surface area contributed by atoms with Crippen molar-refractivity contribution in [1.82, 2.24) is 0 Å². The van der Waals surface area contributed by atoms with Gasteiger partial charge in [0.05, 0.1) is 9.92 Å². The molecule has 7 heteroatoms. The molecular weight excluding hydrogens is 309 g/mol. The van der Waals surface area contributed by atoms with Crippen LogP contribution in [0.1, 0.15) is 0 Å². The Morgan fingerprint density at radius 3 is 2.15 bits per heavy atom. The quantitative estimate of drug-likeness (QED) is 0.619. The van der Waals surface area contributed by atoms with Crippen LogP contribution < -0.4 is 58.2 Å². The molecule has 0 radical (unpaired) electrons. The summed E-state index contributed by atoms with van der Waals surface area (Å²) in [4.78, 5) is -0.450. The molecule has 0 aliphatic carbocycles. The van der Waals surface area contributed by atoms with E-state index in [9.17, 15) is 13.0 Å². The third-order valence-electron chi connectivity index (χ3n) is 1.16. The van der Waals surface area contributed by atoms with Crippen molar-refractivity contribution < 1.29 is 71.2 Å². The third-order valence-corrected chi connectivity index (χ3v) is 2.72. The predicted molar refractivity (Wildman–Crippen MR) is 44.4 cm³/mol. The van der Waals surface area contributed by atoms with Crippen LogP contribution in [-0.2, 0) is 10.1 Å². The number of benzene rings is 1. The molecule has 0 aromatic heterocycles. The van der Waals surface area contributed by atoms with Crippen LogP contribution in [0.15, 0.2) is 23.1 Å². The number of hydrogen-bond acceptors (Lipinski definition) is 3. The maximum Gasteiger partial charge on any atom is 1.00 e. The molecule has 0 heterocycles. The fourth-order valence-electron chi connectivity index (χ4n) is 0.678. The molecule has 0 spiro atoms. The molecule has 0 atom stereocenters. The molecule has 0 amide bonds. The monoisotopic (exact) mass is 310 g/mol. The van der Waals surface area contributed by atoms with E-state index in [0.717, 1.165) is 6.07 Å². The normalized spacial score (nSPS) is 10.7. The van der Waals surface area contributed by atoms with E-state index in [4.69, 9.17) is 23.2 Å². The molecule has 0 aliphatic heterocycles. The predicted octanol–water partition coefficient (Wildman–Crippen LogP) is -1.10. The SMILES string of the molecule is O=S(=O)([O-])c1ccc(Cl)cc1Cl.[Rb+]. The van der Waals surface area contributed by atoms with Crippen LogP contribution in [0.4, 0.5) is 0 Å². The first-order chi connectivity index (χ1) is 5.41. The summed E-state index contributed by atoms with van der Waals surface area (Å²) < 4.78 is 31.4. The molecule has 1 aromatic carbocycles. The van der Waals surface area contributed by atoms with Gasteiger partial charge in [0, 0.05) is 5.02 Å². The van der Waals surface area contributed by atoms with Crippen molar-refractivity contribution in [3.05, 3.63) is 28.2 Å². The topological polar surface area (TPSA) is 57.2 Å². The van der Waals surface area contributed by atoms with Crippen LogP contribution in [0.25, 0.3) is 0 Å². The Bertz CT molecular complexity index is 404. The average molecular weight is 312 g/mol. The molecular formula is C6H3Cl2O3RbS. The minimum atomic E-state index is -4.49. The van der Waals surface area contributed by atoms with E-state index in [-0.39, 0.29) is 68.2 Å². The van der Waals surface area contributed by atoms with Crippen LogP contribution in [0.5, 0.6) is 0 Å². The molecule has 0 saturated carbocycles. The van der Waals surface area contributed by atoms with E-state index >= 15 is 0 Å². The Hall–Kier alpha value is 1.52. The van der Waals surface area contributed by atoms with Crippen molar-refractivity contribution in [2.75, 3.05) is 0 Å². The molecule has 13 heavy (non-hydrogen) atoms. The summed E-state index contributed by atoms with van der Waals surface area (Å²) in [6, 6.07) is 3.57. The summed E-state index contributed by atoms with van der Waals surface area (Å²) in [6.45, 7) is 0. The second-order valence-electron chi connectivity index (χ2n) is 2.03. The average Bonchev–Trinajstić information content (AvgIpc) is 1.83. The van der Waals surface area contributed by atoms with E-state index in [2.05, 4.69) is 0 Å². The van der Waals surface area contributed by atoms with Gasteiger partial charge in [0.25, 0.3) is 0 Å². The standard InChI is InChI=1S/C6H4Cl2O3S.Rb/c7-4-1-2-6(5(8)3-4)12(9,10)11;/h1-3H,(H,9,10,11);/q;+1/p-1. The second-order valence-corrected chi connectivity index (χ2v) is 4.22. The fraction of sp³-hybridized carbons (Fsp3) is 0. The molecule has 1 rings (SSSR count). The van der Waals surface area contributed by atoms with Gasteiger partial charge in [-0.1, -0.05) is 23.2 Å².